The lowest BCUT2D eigenvalue weighted by molar-refractivity contribution is -0.117. The van der Waals surface area contributed by atoms with Crippen LogP contribution in [0.1, 0.15) is 16.1 Å². The first-order valence-electron chi connectivity index (χ1n) is 6.64. The van der Waals surface area contributed by atoms with Crippen molar-refractivity contribution in [2.45, 2.75) is 6.54 Å². The zero-order valence-corrected chi connectivity index (χ0v) is 12.2. The molecule has 1 amide bonds. The second-order valence-electron chi connectivity index (χ2n) is 4.73. The Kier molecular flexibility index (Phi) is 3.89. The van der Waals surface area contributed by atoms with Crippen molar-refractivity contribution in [3.63, 3.8) is 0 Å². The lowest BCUT2D eigenvalue weighted by Crippen LogP contribution is -2.30. The minimum atomic E-state index is -0.675. The Labute approximate surface area is 131 Å². The third kappa shape index (κ3) is 2.84. The van der Waals surface area contributed by atoms with Crippen molar-refractivity contribution >= 4 is 34.2 Å². The van der Waals surface area contributed by atoms with Gasteiger partial charge in [-0.1, -0.05) is 17.7 Å². The molecule has 0 unspecified atom stereocenters. The van der Waals surface area contributed by atoms with Crippen molar-refractivity contribution < 1.29 is 9.59 Å². The minimum Gasteiger partial charge on any atom is -0.360 e. The molecule has 2 heterocycles. The van der Waals surface area contributed by atoms with Gasteiger partial charge in [0.1, 0.15) is 0 Å². The van der Waals surface area contributed by atoms with E-state index in [-0.39, 0.29) is 6.54 Å². The maximum absolute atomic E-state index is 12.3. The number of rotatable bonds is 4. The highest BCUT2D eigenvalue weighted by atomic mass is 35.5. The normalized spacial score (nSPS) is 10.6. The Morgan fingerprint density at radius 3 is 2.86 bits per heavy atom. The van der Waals surface area contributed by atoms with E-state index in [1.54, 1.807) is 36.5 Å². The molecule has 0 aliphatic carbocycles. The lowest BCUT2D eigenvalue weighted by Gasteiger charge is -2.03. The van der Waals surface area contributed by atoms with Crippen LogP contribution in [0.15, 0.2) is 48.8 Å². The first-order chi connectivity index (χ1) is 10.6. The van der Waals surface area contributed by atoms with E-state index in [1.165, 1.54) is 6.20 Å². The number of benzene rings is 1. The Morgan fingerprint density at radius 1 is 1.23 bits per heavy atom. The molecule has 0 aliphatic rings. The third-order valence-corrected chi connectivity index (χ3v) is 3.49. The maximum atomic E-state index is 12.3. The standard InChI is InChI=1S/C16H12ClN3O2/c17-10-4-5-14-12(7-10)13(9-19-14)15(21)16(22)20-8-11-3-1-2-6-18-11/h1-7,9,19H,8H2,(H,20,22). The second-order valence-corrected chi connectivity index (χ2v) is 5.16. The van der Waals surface area contributed by atoms with Crippen LogP contribution >= 0.6 is 11.6 Å². The molecule has 3 aromatic rings. The number of hydrogen-bond acceptors (Lipinski definition) is 3. The van der Waals surface area contributed by atoms with Crippen LogP contribution in [-0.2, 0) is 11.3 Å². The molecule has 22 heavy (non-hydrogen) atoms. The highest BCUT2D eigenvalue weighted by Crippen LogP contribution is 2.22. The number of halogens is 1. The average molecular weight is 314 g/mol. The summed E-state index contributed by atoms with van der Waals surface area (Å²) in [7, 11) is 0. The van der Waals surface area contributed by atoms with Crippen LogP contribution in [-0.4, -0.2) is 21.7 Å². The van der Waals surface area contributed by atoms with Gasteiger partial charge in [-0.3, -0.25) is 14.6 Å². The smallest absolute Gasteiger partial charge is 0.292 e. The van der Waals surface area contributed by atoms with Crippen molar-refractivity contribution in [2.75, 3.05) is 0 Å². The highest BCUT2D eigenvalue weighted by Gasteiger charge is 2.19. The van der Waals surface area contributed by atoms with Gasteiger partial charge in [0.2, 0.25) is 0 Å². The first kappa shape index (κ1) is 14.3. The molecule has 6 heteroatoms. The van der Waals surface area contributed by atoms with E-state index in [2.05, 4.69) is 15.3 Å². The van der Waals surface area contributed by atoms with Crippen LogP contribution in [0.4, 0.5) is 0 Å². The molecule has 0 spiro atoms. The molecule has 0 atom stereocenters. The van der Waals surface area contributed by atoms with E-state index in [9.17, 15) is 9.59 Å². The van der Waals surface area contributed by atoms with E-state index >= 15 is 0 Å². The molecule has 110 valence electrons. The monoisotopic (exact) mass is 313 g/mol. The molecule has 5 nitrogen and oxygen atoms in total. The number of carbonyl (C=O) groups excluding carboxylic acids is 2. The second kappa shape index (κ2) is 5.99. The number of pyridine rings is 1. The van der Waals surface area contributed by atoms with Gasteiger partial charge < -0.3 is 10.3 Å². The topological polar surface area (TPSA) is 74.8 Å². The Balaban J connectivity index is 1.77. The number of Topliss-reactive ketones (excluding diaryl/α,β-unsaturated/α-hetero) is 1. The third-order valence-electron chi connectivity index (χ3n) is 3.25. The van der Waals surface area contributed by atoms with Crippen LogP contribution in [0.2, 0.25) is 5.02 Å². The lowest BCUT2D eigenvalue weighted by atomic mass is 10.1. The van der Waals surface area contributed by atoms with Gasteiger partial charge in [-0.15, -0.1) is 0 Å². The summed E-state index contributed by atoms with van der Waals surface area (Å²) >= 11 is 5.94. The van der Waals surface area contributed by atoms with E-state index < -0.39 is 11.7 Å². The molecule has 2 N–H and O–H groups in total. The van der Waals surface area contributed by atoms with Gasteiger partial charge in [-0.2, -0.15) is 0 Å². The van der Waals surface area contributed by atoms with E-state index in [1.807, 2.05) is 6.07 Å². The summed E-state index contributed by atoms with van der Waals surface area (Å²) in [4.78, 5) is 31.3. The number of carbonyl (C=O) groups is 2. The average Bonchev–Trinajstić information content (AvgIpc) is 2.95. The number of nitrogens with zero attached hydrogens (tertiary/aromatic N) is 1. The van der Waals surface area contributed by atoms with Gasteiger partial charge in [-0.05, 0) is 30.3 Å². The van der Waals surface area contributed by atoms with Crippen LogP contribution in [0.3, 0.4) is 0 Å². The van der Waals surface area contributed by atoms with Crippen LogP contribution in [0, 0.1) is 0 Å². The fourth-order valence-corrected chi connectivity index (χ4v) is 2.33. The van der Waals surface area contributed by atoms with Crippen LogP contribution < -0.4 is 5.32 Å². The maximum Gasteiger partial charge on any atom is 0.292 e. The summed E-state index contributed by atoms with van der Waals surface area (Å²) in [6, 6.07) is 10.5. The SMILES string of the molecule is O=C(NCc1ccccn1)C(=O)c1c[nH]c2ccc(Cl)cc12. The Morgan fingerprint density at radius 2 is 2.09 bits per heavy atom. The Hall–Kier alpha value is -2.66. The predicted molar refractivity (Wildman–Crippen MR) is 83.7 cm³/mol. The number of aromatic amines is 1. The number of H-pyrrole nitrogens is 1. The van der Waals surface area contributed by atoms with Crippen molar-refractivity contribution in [3.8, 4) is 0 Å². The molecule has 0 aliphatic heterocycles. The first-order valence-corrected chi connectivity index (χ1v) is 7.02. The van der Waals surface area contributed by atoms with Crippen molar-refractivity contribution in [1.29, 1.82) is 0 Å². The molecule has 0 saturated carbocycles. The minimum absolute atomic E-state index is 0.203. The highest BCUT2D eigenvalue weighted by molar-refractivity contribution is 6.45. The van der Waals surface area contributed by atoms with Crippen molar-refractivity contribution in [1.82, 2.24) is 15.3 Å². The molecule has 0 radical (unpaired) electrons. The summed E-state index contributed by atoms with van der Waals surface area (Å²) in [6.07, 6.45) is 3.15. The summed E-state index contributed by atoms with van der Waals surface area (Å²) in [5, 5.41) is 3.71. The summed E-state index contributed by atoms with van der Waals surface area (Å²) in [5.41, 5.74) is 1.74. The molecule has 0 saturated heterocycles. The van der Waals surface area contributed by atoms with Gasteiger partial charge in [0.25, 0.3) is 11.7 Å². The van der Waals surface area contributed by atoms with Gasteiger partial charge in [0, 0.05) is 28.3 Å². The van der Waals surface area contributed by atoms with Crippen molar-refractivity contribution in [3.05, 3.63) is 65.1 Å². The number of nitrogens with one attached hydrogen (secondary N) is 2. The number of aromatic nitrogens is 2. The van der Waals surface area contributed by atoms with Crippen LogP contribution in [0.5, 0.6) is 0 Å². The van der Waals surface area contributed by atoms with Gasteiger partial charge in [0.15, 0.2) is 0 Å². The largest absolute Gasteiger partial charge is 0.360 e. The summed E-state index contributed by atoms with van der Waals surface area (Å²) in [6.45, 7) is 0.203. The van der Waals surface area contributed by atoms with Gasteiger partial charge in [-0.25, -0.2) is 0 Å². The molecule has 0 bridgehead atoms. The number of amides is 1. The zero-order valence-electron chi connectivity index (χ0n) is 11.5. The number of hydrogen-bond donors (Lipinski definition) is 2. The summed E-state index contributed by atoms with van der Waals surface area (Å²) < 4.78 is 0. The fourth-order valence-electron chi connectivity index (χ4n) is 2.16. The Bertz CT molecular complexity index is 843. The molecular weight excluding hydrogens is 302 g/mol. The molecule has 3 rings (SSSR count). The van der Waals surface area contributed by atoms with Crippen LogP contribution in [0.25, 0.3) is 10.9 Å². The summed E-state index contributed by atoms with van der Waals surface area (Å²) in [5.74, 6) is -1.28. The van der Waals surface area contributed by atoms with Gasteiger partial charge >= 0.3 is 0 Å². The zero-order chi connectivity index (χ0) is 15.5. The molecule has 2 aromatic heterocycles. The van der Waals surface area contributed by atoms with E-state index in [4.69, 9.17) is 11.6 Å². The van der Waals surface area contributed by atoms with E-state index in [0.29, 0.717) is 21.7 Å². The molecule has 0 fully saturated rings. The van der Waals surface area contributed by atoms with Crippen molar-refractivity contribution in [2.24, 2.45) is 0 Å². The number of fused-ring (bicyclic) bond motifs is 1. The van der Waals surface area contributed by atoms with E-state index in [0.717, 1.165) is 5.52 Å². The number of ketones is 1. The quantitative estimate of drug-likeness (QED) is 0.574. The predicted octanol–water partition coefficient (Wildman–Crippen LogP) is 2.72. The molecule has 1 aromatic carbocycles. The van der Waals surface area contributed by atoms with Gasteiger partial charge in [0.05, 0.1) is 17.8 Å². The molecular formula is C16H12ClN3O2. The fraction of sp³-hybridized carbons (Fsp3) is 0.0625.